The SMILES string of the molecule is COc1c(Br)c(Cl)cc2c(N3CCN(C(=O)O)C(C(C)(C)C)C3)ncnc12. The molecule has 1 aromatic carbocycles. The lowest BCUT2D eigenvalue weighted by Gasteiger charge is -2.46. The fourth-order valence-corrected chi connectivity index (χ4v) is 4.15. The van der Waals surface area contributed by atoms with Gasteiger partial charge in [-0.15, -0.1) is 0 Å². The van der Waals surface area contributed by atoms with E-state index in [1.54, 1.807) is 7.11 Å². The lowest BCUT2D eigenvalue weighted by molar-refractivity contribution is 0.0747. The molecule has 1 aliphatic heterocycles. The lowest BCUT2D eigenvalue weighted by Crippen LogP contribution is -2.59. The Morgan fingerprint density at radius 2 is 2.07 bits per heavy atom. The van der Waals surface area contributed by atoms with Crippen LogP contribution in [0.2, 0.25) is 5.02 Å². The monoisotopic (exact) mass is 456 g/mol. The number of ether oxygens (including phenoxy) is 1. The van der Waals surface area contributed by atoms with Crippen LogP contribution in [0.5, 0.6) is 5.75 Å². The number of rotatable bonds is 2. The normalized spacial score (nSPS) is 18.1. The van der Waals surface area contributed by atoms with Crippen LogP contribution in [0, 0.1) is 5.41 Å². The summed E-state index contributed by atoms with van der Waals surface area (Å²) in [6.45, 7) is 7.63. The minimum atomic E-state index is -0.893. The van der Waals surface area contributed by atoms with E-state index < -0.39 is 6.09 Å². The molecule has 2 heterocycles. The first kappa shape index (κ1) is 19.9. The molecule has 0 aliphatic carbocycles. The third kappa shape index (κ3) is 3.65. The molecular weight excluding hydrogens is 436 g/mol. The van der Waals surface area contributed by atoms with Gasteiger partial charge in [-0.25, -0.2) is 14.8 Å². The molecule has 0 radical (unpaired) electrons. The molecule has 1 aromatic heterocycles. The number of aromatic nitrogens is 2. The van der Waals surface area contributed by atoms with Gasteiger partial charge in [0.25, 0.3) is 0 Å². The van der Waals surface area contributed by atoms with Crippen molar-refractivity contribution in [2.45, 2.75) is 26.8 Å². The summed E-state index contributed by atoms with van der Waals surface area (Å²) < 4.78 is 6.12. The number of halogens is 2. The molecule has 0 saturated carbocycles. The molecule has 27 heavy (non-hydrogen) atoms. The van der Waals surface area contributed by atoms with Crippen LogP contribution in [0.15, 0.2) is 16.9 Å². The van der Waals surface area contributed by atoms with Gasteiger partial charge in [0, 0.05) is 25.0 Å². The summed E-state index contributed by atoms with van der Waals surface area (Å²) in [4.78, 5) is 24.1. The quantitative estimate of drug-likeness (QED) is 0.725. The number of anilines is 1. The van der Waals surface area contributed by atoms with E-state index in [9.17, 15) is 9.90 Å². The average Bonchev–Trinajstić information content (AvgIpc) is 2.61. The zero-order valence-corrected chi connectivity index (χ0v) is 18.0. The lowest BCUT2D eigenvalue weighted by atomic mass is 9.84. The Bertz CT molecular complexity index is 887. The molecule has 3 rings (SSSR count). The summed E-state index contributed by atoms with van der Waals surface area (Å²) in [6, 6.07) is 1.65. The van der Waals surface area contributed by atoms with E-state index in [1.165, 1.54) is 11.2 Å². The molecule has 1 fully saturated rings. The predicted molar refractivity (Wildman–Crippen MR) is 109 cm³/mol. The highest BCUT2D eigenvalue weighted by Gasteiger charge is 2.38. The summed E-state index contributed by atoms with van der Waals surface area (Å²) in [5, 5.41) is 10.9. The van der Waals surface area contributed by atoms with Gasteiger partial charge in [0.05, 0.1) is 22.6 Å². The Morgan fingerprint density at radius 3 is 2.67 bits per heavy atom. The number of fused-ring (bicyclic) bond motifs is 1. The molecular formula is C18H22BrClN4O3. The second-order valence-corrected chi connectivity index (χ2v) is 8.80. The van der Waals surface area contributed by atoms with Crippen LogP contribution in [0.1, 0.15) is 20.8 Å². The first-order valence-corrected chi connectivity index (χ1v) is 9.73. The van der Waals surface area contributed by atoms with Crippen LogP contribution in [0.25, 0.3) is 10.9 Å². The van der Waals surface area contributed by atoms with E-state index in [2.05, 4.69) is 30.8 Å². The number of benzene rings is 1. The highest BCUT2D eigenvalue weighted by molar-refractivity contribution is 9.10. The Morgan fingerprint density at radius 1 is 1.37 bits per heavy atom. The van der Waals surface area contributed by atoms with Gasteiger partial charge in [0.1, 0.15) is 17.7 Å². The minimum absolute atomic E-state index is 0.165. The van der Waals surface area contributed by atoms with Crippen LogP contribution in [-0.4, -0.2) is 58.9 Å². The van der Waals surface area contributed by atoms with Crippen molar-refractivity contribution in [3.63, 3.8) is 0 Å². The topological polar surface area (TPSA) is 78.8 Å². The second kappa shape index (κ2) is 7.31. The van der Waals surface area contributed by atoms with Crippen molar-refractivity contribution in [1.29, 1.82) is 0 Å². The third-order valence-electron chi connectivity index (χ3n) is 4.89. The summed E-state index contributed by atoms with van der Waals surface area (Å²) in [5.41, 5.74) is 0.449. The van der Waals surface area contributed by atoms with E-state index >= 15 is 0 Å². The van der Waals surface area contributed by atoms with E-state index in [4.69, 9.17) is 16.3 Å². The van der Waals surface area contributed by atoms with Crippen LogP contribution in [-0.2, 0) is 0 Å². The third-order valence-corrected chi connectivity index (χ3v) is 6.20. The number of hydrogen-bond donors (Lipinski definition) is 1. The average molecular weight is 458 g/mol. The molecule has 7 nitrogen and oxygen atoms in total. The molecule has 1 unspecified atom stereocenters. The molecule has 1 atom stereocenters. The maximum absolute atomic E-state index is 11.7. The van der Waals surface area contributed by atoms with Crippen molar-refractivity contribution >= 4 is 50.3 Å². The van der Waals surface area contributed by atoms with Crippen molar-refractivity contribution in [1.82, 2.24) is 14.9 Å². The molecule has 0 spiro atoms. The highest BCUT2D eigenvalue weighted by atomic mass is 79.9. The zero-order valence-electron chi connectivity index (χ0n) is 15.7. The maximum Gasteiger partial charge on any atom is 0.407 e. The Balaban J connectivity index is 2.08. The van der Waals surface area contributed by atoms with Crippen molar-refractivity contribution < 1.29 is 14.6 Å². The number of hydrogen-bond acceptors (Lipinski definition) is 5. The molecule has 9 heteroatoms. The number of amides is 1. The summed E-state index contributed by atoms with van der Waals surface area (Å²) >= 11 is 9.80. The summed E-state index contributed by atoms with van der Waals surface area (Å²) in [7, 11) is 1.57. The summed E-state index contributed by atoms with van der Waals surface area (Å²) in [5.74, 6) is 1.28. The van der Waals surface area contributed by atoms with Gasteiger partial charge in [0.2, 0.25) is 0 Å². The summed E-state index contributed by atoms with van der Waals surface area (Å²) in [6.07, 6.45) is 0.603. The number of nitrogens with zero attached hydrogens (tertiary/aromatic N) is 4. The zero-order chi connectivity index (χ0) is 19.9. The Hall–Kier alpha value is -1.80. The fourth-order valence-electron chi connectivity index (χ4n) is 3.49. The molecule has 1 aliphatic rings. The standard InChI is InChI=1S/C18H22BrClN4O3/c1-18(2,3)12-8-23(5-6-24(12)17(25)26)16-10-7-11(20)13(19)15(27-4)14(10)21-9-22-16/h7,9,12H,5-6,8H2,1-4H3,(H,25,26). The van der Waals surface area contributed by atoms with Crippen LogP contribution < -0.4 is 9.64 Å². The van der Waals surface area contributed by atoms with Crippen LogP contribution >= 0.6 is 27.5 Å². The number of carbonyl (C=O) groups is 1. The van der Waals surface area contributed by atoms with E-state index in [0.29, 0.717) is 40.4 Å². The van der Waals surface area contributed by atoms with Crippen LogP contribution in [0.3, 0.4) is 0 Å². The largest absolute Gasteiger partial charge is 0.493 e. The smallest absolute Gasteiger partial charge is 0.407 e. The molecule has 1 N–H and O–H groups in total. The van der Waals surface area contributed by atoms with Gasteiger partial charge >= 0.3 is 6.09 Å². The predicted octanol–water partition coefficient (Wildman–Crippen LogP) is 4.27. The molecule has 0 bridgehead atoms. The van der Waals surface area contributed by atoms with E-state index in [0.717, 1.165) is 11.2 Å². The number of carboxylic acid groups (broad SMARTS) is 1. The van der Waals surface area contributed by atoms with Crippen molar-refractivity contribution in [3.05, 3.63) is 21.9 Å². The van der Waals surface area contributed by atoms with E-state index in [1.807, 2.05) is 26.8 Å². The van der Waals surface area contributed by atoms with Gasteiger partial charge in [-0.3, -0.25) is 0 Å². The first-order chi connectivity index (χ1) is 12.6. The Kier molecular flexibility index (Phi) is 5.40. The highest BCUT2D eigenvalue weighted by Crippen LogP contribution is 2.41. The van der Waals surface area contributed by atoms with Gasteiger partial charge in [-0.1, -0.05) is 32.4 Å². The van der Waals surface area contributed by atoms with Crippen molar-refractivity contribution in [2.24, 2.45) is 5.41 Å². The number of piperazine rings is 1. The maximum atomic E-state index is 11.7. The molecule has 1 saturated heterocycles. The second-order valence-electron chi connectivity index (χ2n) is 7.60. The molecule has 146 valence electrons. The van der Waals surface area contributed by atoms with Gasteiger partial charge in [-0.05, 0) is 27.4 Å². The van der Waals surface area contributed by atoms with E-state index in [-0.39, 0.29) is 11.5 Å². The minimum Gasteiger partial charge on any atom is -0.493 e. The van der Waals surface area contributed by atoms with Crippen molar-refractivity contribution in [3.8, 4) is 5.75 Å². The molecule has 1 amide bonds. The Labute approximate surface area is 171 Å². The van der Waals surface area contributed by atoms with Crippen LogP contribution in [0.4, 0.5) is 10.6 Å². The van der Waals surface area contributed by atoms with Gasteiger partial charge in [-0.2, -0.15) is 0 Å². The van der Waals surface area contributed by atoms with Gasteiger partial charge in [0.15, 0.2) is 5.75 Å². The first-order valence-electron chi connectivity index (χ1n) is 8.56. The molecule has 2 aromatic rings. The van der Waals surface area contributed by atoms with Crippen molar-refractivity contribution in [2.75, 3.05) is 31.6 Å². The fraction of sp³-hybridized carbons (Fsp3) is 0.500. The van der Waals surface area contributed by atoms with Gasteiger partial charge < -0.3 is 19.6 Å². The number of methoxy groups -OCH3 is 1.